The summed E-state index contributed by atoms with van der Waals surface area (Å²) >= 11 is 0. The Hall–Kier alpha value is -4.09. The van der Waals surface area contributed by atoms with Gasteiger partial charge in [0.2, 0.25) is 5.91 Å². The third-order valence-corrected chi connectivity index (χ3v) is 7.37. The number of hydrogen-bond acceptors (Lipinski definition) is 8. The number of aromatic nitrogens is 4. The van der Waals surface area contributed by atoms with E-state index in [-0.39, 0.29) is 24.4 Å². The van der Waals surface area contributed by atoms with E-state index in [9.17, 15) is 14.3 Å². The van der Waals surface area contributed by atoms with Crippen molar-refractivity contribution < 1.29 is 14.3 Å². The van der Waals surface area contributed by atoms with Gasteiger partial charge in [0, 0.05) is 79.8 Å². The number of aliphatic hydroxyl groups is 1. The number of likely N-dealkylation sites (tertiary alicyclic amines) is 1. The Morgan fingerprint density at radius 2 is 1.92 bits per heavy atom. The van der Waals surface area contributed by atoms with Crippen LogP contribution in [0.3, 0.4) is 0 Å². The van der Waals surface area contributed by atoms with Gasteiger partial charge in [0.05, 0.1) is 18.0 Å². The van der Waals surface area contributed by atoms with Gasteiger partial charge in [-0.05, 0) is 36.1 Å². The van der Waals surface area contributed by atoms with Crippen molar-refractivity contribution in [2.75, 3.05) is 43.8 Å². The van der Waals surface area contributed by atoms with Crippen LogP contribution in [0.4, 0.5) is 21.7 Å². The van der Waals surface area contributed by atoms with Crippen LogP contribution in [0, 0.1) is 12.7 Å². The van der Waals surface area contributed by atoms with E-state index in [1.807, 2.05) is 24.0 Å². The number of nitrogens with zero attached hydrogens (tertiary/aromatic N) is 6. The summed E-state index contributed by atoms with van der Waals surface area (Å²) in [4.78, 5) is 25.4. The number of nitrogens with one attached hydrogen (secondary N) is 1. The summed E-state index contributed by atoms with van der Waals surface area (Å²) in [6.07, 6.45) is 5.25. The average molecular weight is 517 g/mol. The molecule has 196 valence electrons. The first kappa shape index (κ1) is 24.3. The Kier molecular flexibility index (Phi) is 6.16. The summed E-state index contributed by atoms with van der Waals surface area (Å²) in [5.74, 6) is 0.829. The highest BCUT2D eigenvalue weighted by molar-refractivity contribution is 5.90. The molecule has 0 atom stereocenters. The Bertz CT molecular complexity index is 1530. The summed E-state index contributed by atoms with van der Waals surface area (Å²) < 4.78 is 16.7. The lowest BCUT2D eigenvalue weighted by Crippen LogP contribution is -2.53. The topological polar surface area (TPSA) is 125 Å². The lowest BCUT2D eigenvalue weighted by Gasteiger charge is -2.37. The second-order valence-electron chi connectivity index (χ2n) is 10.00. The average Bonchev–Trinajstić information content (AvgIpc) is 3.17. The number of rotatable bonds is 6. The molecule has 5 heterocycles. The van der Waals surface area contributed by atoms with Crippen molar-refractivity contribution in [3.05, 3.63) is 59.9 Å². The normalized spacial score (nSPS) is 16.4. The van der Waals surface area contributed by atoms with Crippen LogP contribution in [-0.2, 0) is 17.8 Å². The zero-order valence-corrected chi connectivity index (χ0v) is 21.1. The largest absolute Gasteiger partial charge is 0.397 e. The van der Waals surface area contributed by atoms with Crippen molar-refractivity contribution in [2.24, 2.45) is 0 Å². The molecule has 0 bridgehead atoms. The summed E-state index contributed by atoms with van der Waals surface area (Å²) in [7, 11) is 0. The van der Waals surface area contributed by atoms with Crippen LogP contribution < -0.4 is 11.1 Å². The minimum atomic E-state index is -0.366. The van der Waals surface area contributed by atoms with E-state index in [2.05, 4.69) is 25.3 Å². The van der Waals surface area contributed by atoms with Crippen LogP contribution in [-0.4, -0.2) is 79.4 Å². The van der Waals surface area contributed by atoms with Gasteiger partial charge in [-0.1, -0.05) is 0 Å². The van der Waals surface area contributed by atoms with Crippen LogP contribution in [0.25, 0.3) is 21.9 Å². The molecule has 4 N–H and O–H groups in total. The second-order valence-corrected chi connectivity index (χ2v) is 10.00. The van der Waals surface area contributed by atoms with Crippen molar-refractivity contribution in [3.63, 3.8) is 0 Å². The molecule has 2 aliphatic rings. The third-order valence-electron chi connectivity index (χ3n) is 7.37. The molecular formula is C27H29FN8O2. The van der Waals surface area contributed by atoms with Gasteiger partial charge >= 0.3 is 0 Å². The lowest BCUT2D eigenvalue weighted by molar-refractivity contribution is -0.132. The van der Waals surface area contributed by atoms with E-state index < -0.39 is 0 Å². The number of benzene rings is 1. The molecule has 0 spiro atoms. The highest BCUT2D eigenvalue weighted by Gasteiger charge is 2.27. The third kappa shape index (κ3) is 4.66. The first-order valence-corrected chi connectivity index (χ1v) is 12.7. The zero-order chi connectivity index (χ0) is 26.4. The Morgan fingerprint density at radius 3 is 2.74 bits per heavy atom. The van der Waals surface area contributed by atoms with Crippen molar-refractivity contribution in [1.82, 2.24) is 29.5 Å². The van der Waals surface area contributed by atoms with E-state index in [0.29, 0.717) is 66.4 Å². The van der Waals surface area contributed by atoms with E-state index in [4.69, 9.17) is 5.73 Å². The fourth-order valence-electron chi connectivity index (χ4n) is 5.07. The SMILES string of the molecule is Cc1c(N)cncc1-c1cc2cc(Nc3cc4n(n3)CC(=O)N(CCN3CC(O)C3)CC4)ncc2cc1F. The maximum Gasteiger partial charge on any atom is 0.244 e. The fraction of sp³-hybridized carbons (Fsp3) is 0.333. The summed E-state index contributed by atoms with van der Waals surface area (Å²) in [5, 5.41) is 18.8. The molecule has 0 aliphatic carbocycles. The van der Waals surface area contributed by atoms with Gasteiger partial charge in [-0.15, -0.1) is 0 Å². The maximum atomic E-state index is 14.9. The molecule has 0 unspecified atom stereocenters. The van der Waals surface area contributed by atoms with Gasteiger partial charge in [0.25, 0.3) is 0 Å². The van der Waals surface area contributed by atoms with Crippen LogP contribution in [0.15, 0.2) is 42.9 Å². The summed E-state index contributed by atoms with van der Waals surface area (Å²) in [6, 6.07) is 7.02. The standard InChI is InChI=1S/C27H29FN8O2/c1-16-22(11-30-12-24(16)29)21-6-17-8-25(31-10-18(17)7-23(21)28)32-26-9-19-2-3-35(27(38)15-36(19)33-26)5-4-34-13-20(37)14-34/h6-12,20,37H,2-5,13-15,29H2,1H3,(H,31,32,33). The van der Waals surface area contributed by atoms with Crippen LogP contribution >= 0.6 is 0 Å². The van der Waals surface area contributed by atoms with Gasteiger partial charge in [-0.3, -0.25) is 19.4 Å². The summed E-state index contributed by atoms with van der Waals surface area (Å²) in [6.45, 7) is 5.42. The van der Waals surface area contributed by atoms with Crippen LogP contribution in [0.2, 0.25) is 0 Å². The van der Waals surface area contributed by atoms with Crippen LogP contribution in [0.5, 0.6) is 0 Å². The van der Waals surface area contributed by atoms with E-state index >= 15 is 0 Å². The molecule has 2 aliphatic heterocycles. The molecule has 1 aromatic carbocycles. The number of nitrogens with two attached hydrogens (primary N) is 1. The number of anilines is 3. The fourth-order valence-corrected chi connectivity index (χ4v) is 5.07. The number of pyridine rings is 2. The molecule has 38 heavy (non-hydrogen) atoms. The number of fused-ring (bicyclic) bond motifs is 2. The van der Waals surface area contributed by atoms with Crippen molar-refractivity contribution in [1.29, 1.82) is 0 Å². The number of β-amino-alcohol motifs (C(OH)–C–C–N with tert-alkyl or cyclic N) is 1. The molecule has 11 heteroatoms. The molecule has 1 amide bonds. The number of aliphatic hydroxyl groups excluding tert-OH is 1. The van der Waals surface area contributed by atoms with Gasteiger partial charge < -0.3 is 21.1 Å². The molecule has 10 nitrogen and oxygen atoms in total. The minimum absolute atomic E-state index is 0.0317. The first-order valence-electron chi connectivity index (χ1n) is 12.7. The smallest absolute Gasteiger partial charge is 0.244 e. The molecule has 6 rings (SSSR count). The molecule has 0 saturated carbocycles. The number of carbonyl (C=O) groups is 1. The van der Waals surface area contributed by atoms with Crippen LogP contribution in [0.1, 0.15) is 11.3 Å². The zero-order valence-electron chi connectivity index (χ0n) is 21.1. The quantitative estimate of drug-likeness (QED) is 0.357. The van der Waals surface area contributed by atoms with Crippen molar-refractivity contribution in [3.8, 4) is 11.1 Å². The monoisotopic (exact) mass is 516 g/mol. The van der Waals surface area contributed by atoms with E-state index in [0.717, 1.165) is 23.2 Å². The van der Waals surface area contributed by atoms with Crippen molar-refractivity contribution in [2.45, 2.75) is 26.0 Å². The molecule has 1 fully saturated rings. The Balaban J connectivity index is 1.18. The minimum Gasteiger partial charge on any atom is -0.397 e. The second kappa shape index (κ2) is 9.66. The first-order chi connectivity index (χ1) is 18.3. The van der Waals surface area contributed by atoms with Gasteiger partial charge in [-0.25, -0.2) is 9.37 Å². The number of amides is 1. The molecule has 4 aromatic rings. The molecular weight excluding hydrogens is 487 g/mol. The van der Waals surface area contributed by atoms with Crippen molar-refractivity contribution >= 4 is 34.0 Å². The predicted molar refractivity (Wildman–Crippen MR) is 142 cm³/mol. The Morgan fingerprint density at radius 1 is 1.08 bits per heavy atom. The highest BCUT2D eigenvalue weighted by Crippen LogP contribution is 2.32. The van der Waals surface area contributed by atoms with E-state index in [1.54, 1.807) is 29.3 Å². The molecule has 0 radical (unpaired) electrons. The molecule has 3 aromatic heterocycles. The number of halogens is 1. The predicted octanol–water partition coefficient (Wildman–Crippen LogP) is 2.33. The highest BCUT2D eigenvalue weighted by atomic mass is 19.1. The lowest BCUT2D eigenvalue weighted by atomic mass is 9.99. The number of hydrogen-bond donors (Lipinski definition) is 3. The van der Waals surface area contributed by atoms with Gasteiger partial charge in [-0.2, -0.15) is 5.10 Å². The molecule has 1 saturated heterocycles. The van der Waals surface area contributed by atoms with E-state index in [1.165, 1.54) is 6.07 Å². The Labute approximate surface area is 218 Å². The van der Waals surface area contributed by atoms with Gasteiger partial charge in [0.1, 0.15) is 18.2 Å². The number of carbonyl (C=O) groups excluding carboxylic acids is 1. The number of nitrogen functional groups attached to an aromatic ring is 1. The summed E-state index contributed by atoms with van der Waals surface area (Å²) in [5.41, 5.74) is 9.32. The van der Waals surface area contributed by atoms with Gasteiger partial charge in [0.15, 0.2) is 5.82 Å². The maximum absolute atomic E-state index is 14.9.